The van der Waals surface area contributed by atoms with Crippen LogP contribution in [0.1, 0.15) is 38.5 Å². The molecule has 1 saturated heterocycles. The van der Waals surface area contributed by atoms with Crippen LogP contribution in [0.2, 0.25) is 0 Å². The molecule has 1 aliphatic heterocycles. The van der Waals surface area contributed by atoms with Crippen LogP contribution in [0.5, 0.6) is 0 Å². The smallest absolute Gasteiger partial charge is 0.317 e. The van der Waals surface area contributed by atoms with Gasteiger partial charge in [-0.2, -0.15) is 0 Å². The first-order valence-electron chi connectivity index (χ1n) is 11.4. The Hall–Kier alpha value is -1.79. The zero-order valence-electron chi connectivity index (χ0n) is 18.6. The van der Waals surface area contributed by atoms with E-state index < -0.39 is 0 Å². The maximum atomic E-state index is 11.9. The van der Waals surface area contributed by atoms with Crippen molar-refractivity contribution in [2.45, 2.75) is 50.6 Å². The number of carbonyl (C=O) groups excluding carboxylic acids is 1. The highest BCUT2D eigenvalue weighted by Gasteiger charge is 2.28. The van der Waals surface area contributed by atoms with E-state index in [-0.39, 0.29) is 6.03 Å². The predicted molar refractivity (Wildman–Crippen MR) is 128 cm³/mol. The van der Waals surface area contributed by atoms with Gasteiger partial charge in [-0.25, -0.2) is 4.79 Å². The lowest BCUT2D eigenvalue weighted by atomic mass is 9.85. The summed E-state index contributed by atoms with van der Waals surface area (Å²) in [5.41, 5.74) is 1.41. The van der Waals surface area contributed by atoms with Crippen molar-refractivity contribution in [1.29, 1.82) is 0 Å². The van der Waals surface area contributed by atoms with E-state index >= 15 is 0 Å². The van der Waals surface area contributed by atoms with Gasteiger partial charge in [-0.1, -0.05) is 6.07 Å². The minimum Gasteiger partial charge on any atom is -0.371 e. The topological polar surface area (TPSA) is 38.8 Å². The lowest BCUT2D eigenvalue weighted by Crippen LogP contribution is -2.46. The van der Waals surface area contributed by atoms with E-state index in [0.29, 0.717) is 12.1 Å². The summed E-state index contributed by atoms with van der Waals surface area (Å²) in [6.45, 7) is 3.49. The Bertz CT molecular complexity index is 835. The van der Waals surface area contributed by atoms with Crippen LogP contribution in [0.3, 0.4) is 0 Å². The van der Waals surface area contributed by atoms with Crippen LogP contribution in [0.4, 0.5) is 10.5 Å². The Balaban J connectivity index is 1.23. The van der Waals surface area contributed by atoms with Crippen LogP contribution in [0, 0.1) is 5.92 Å². The Labute approximate surface area is 185 Å². The van der Waals surface area contributed by atoms with E-state index in [1.54, 1.807) is 4.90 Å². The number of rotatable bonds is 5. The van der Waals surface area contributed by atoms with E-state index in [4.69, 9.17) is 0 Å². The largest absolute Gasteiger partial charge is 0.371 e. The fourth-order valence-electron chi connectivity index (χ4n) is 5.15. The number of benzene rings is 1. The van der Waals surface area contributed by atoms with Gasteiger partial charge in [0.2, 0.25) is 0 Å². The van der Waals surface area contributed by atoms with E-state index in [1.807, 2.05) is 25.4 Å². The van der Waals surface area contributed by atoms with Gasteiger partial charge in [0.1, 0.15) is 0 Å². The average Bonchev–Trinajstić information content (AvgIpc) is 3.24. The number of nitrogens with one attached hydrogen (secondary N) is 1. The zero-order chi connectivity index (χ0) is 21.1. The van der Waals surface area contributed by atoms with E-state index in [2.05, 4.69) is 51.8 Å². The molecule has 2 aliphatic rings. The molecule has 0 bridgehead atoms. The minimum absolute atomic E-state index is 0.0421. The van der Waals surface area contributed by atoms with Crippen LogP contribution in [-0.4, -0.2) is 68.7 Å². The van der Waals surface area contributed by atoms with Crippen molar-refractivity contribution < 1.29 is 4.79 Å². The van der Waals surface area contributed by atoms with Crippen molar-refractivity contribution in [2.24, 2.45) is 5.92 Å². The summed E-state index contributed by atoms with van der Waals surface area (Å²) < 4.78 is 1.39. The molecule has 2 heterocycles. The van der Waals surface area contributed by atoms with Crippen molar-refractivity contribution in [2.75, 3.05) is 45.7 Å². The lowest BCUT2D eigenvalue weighted by Gasteiger charge is -2.40. The molecule has 4 rings (SSSR count). The van der Waals surface area contributed by atoms with Gasteiger partial charge in [0, 0.05) is 61.6 Å². The molecule has 30 heavy (non-hydrogen) atoms. The van der Waals surface area contributed by atoms with Crippen molar-refractivity contribution in [3.63, 3.8) is 0 Å². The van der Waals surface area contributed by atoms with Crippen LogP contribution < -0.4 is 10.2 Å². The number of piperidine rings is 1. The summed E-state index contributed by atoms with van der Waals surface area (Å²) in [4.78, 5) is 18.7. The number of urea groups is 1. The van der Waals surface area contributed by atoms with Gasteiger partial charge in [0.15, 0.2) is 0 Å². The third-order valence-electron chi connectivity index (χ3n) is 7.03. The minimum atomic E-state index is 0.0421. The molecule has 6 heteroatoms. The monoisotopic (exact) mass is 428 g/mol. The molecule has 1 aromatic carbocycles. The molecule has 1 aromatic heterocycles. The fraction of sp³-hybridized carbons (Fsp3) is 0.625. The molecule has 2 fully saturated rings. The molecule has 2 amide bonds. The summed E-state index contributed by atoms with van der Waals surface area (Å²) >= 11 is 1.83. The zero-order valence-corrected chi connectivity index (χ0v) is 19.5. The Morgan fingerprint density at radius 1 is 1.07 bits per heavy atom. The van der Waals surface area contributed by atoms with E-state index in [0.717, 1.165) is 31.8 Å². The third-order valence-corrected chi connectivity index (χ3v) is 7.91. The van der Waals surface area contributed by atoms with Crippen molar-refractivity contribution >= 4 is 33.1 Å². The van der Waals surface area contributed by atoms with Crippen LogP contribution in [0.15, 0.2) is 29.6 Å². The third kappa shape index (κ3) is 4.92. The molecule has 164 valence electrons. The van der Waals surface area contributed by atoms with Crippen LogP contribution in [-0.2, 0) is 0 Å². The number of carbonyl (C=O) groups is 1. The summed E-state index contributed by atoms with van der Waals surface area (Å²) in [6.07, 6.45) is 7.16. The van der Waals surface area contributed by atoms with Gasteiger partial charge in [0.05, 0.1) is 0 Å². The van der Waals surface area contributed by atoms with E-state index in [9.17, 15) is 4.79 Å². The van der Waals surface area contributed by atoms with Gasteiger partial charge in [-0.15, -0.1) is 11.3 Å². The van der Waals surface area contributed by atoms with Crippen LogP contribution >= 0.6 is 11.3 Å². The Morgan fingerprint density at radius 2 is 1.80 bits per heavy atom. The number of nitrogens with zero attached hydrogens (tertiary/aromatic N) is 3. The number of hydrogen-bond acceptors (Lipinski definition) is 4. The van der Waals surface area contributed by atoms with Gasteiger partial charge < -0.3 is 20.0 Å². The van der Waals surface area contributed by atoms with Crippen molar-refractivity contribution in [3.05, 3.63) is 29.6 Å². The molecule has 0 radical (unpaired) electrons. The van der Waals surface area contributed by atoms with Crippen LogP contribution in [0.25, 0.3) is 10.1 Å². The fourth-order valence-corrected chi connectivity index (χ4v) is 5.96. The van der Waals surface area contributed by atoms with Gasteiger partial charge in [-0.3, -0.25) is 0 Å². The number of fused-ring (bicyclic) bond motifs is 1. The predicted octanol–water partition coefficient (Wildman–Crippen LogP) is 4.63. The van der Waals surface area contributed by atoms with E-state index in [1.165, 1.54) is 48.0 Å². The molecule has 0 unspecified atom stereocenters. The summed E-state index contributed by atoms with van der Waals surface area (Å²) in [7, 11) is 5.93. The second kappa shape index (κ2) is 9.56. The molecule has 0 spiro atoms. The number of anilines is 1. The second-order valence-corrected chi connectivity index (χ2v) is 10.3. The van der Waals surface area contributed by atoms with Crippen molar-refractivity contribution in [3.8, 4) is 0 Å². The lowest BCUT2D eigenvalue weighted by molar-refractivity contribution is 0.152. The highest BCUT2D eigenvalue weighted by molar-refractivity contribution is 7.17. The van der Waals surface area contributed by atoms with Crippen molar-refractivity contribution in [1.82, 2.24) is 15.1 Å². The highest BCUT2D eigenvalue weighted by atomic mass is 32.1. The Morgan fingerprint density at radius 3 is 2.50 bits per heavy atom. The maximum Gasteiger partial charge on any atom is 0.317 e. The molecule has 2 aromatic rings. The molecule has 5 nitrogen and oxygen atoms in total. The molecule has 1 N–H and O–H groups in total. The summed E-state index contributed by atoms with van der Waals surface area (Å²) in [5.74, 6) is 0.764. The summed E-state index contributed by atoms with van der Waals surface area (Å²) in [5, 5.41) is 6.77. The normalized spacial score (nSPS) is 23.1. The average molecular weight is 429 g/mol. The number of thiophene rings is 1. The molecule has 1 saturated carbocycles. The highest BCUT2D eigenvalue weighted by Crippen LogP contribution is 2.33. The number of hydrogen-bond donors (Lipinski definition) is 1. The standard InChI is InChI=1S/C24H36N4OS/c1-26(2)24(29)25-19-9-7-18(8-10-19)17-27(3)20-11-14-28(15-12-20)22-5-4-6-23-21(22)13-16-30-23/h4-6,13,16,18-20H,7-12,14-15,17H2,1-3H3,(H,25,29). The van der Waals surface area contributed by atoms with Gasteiger partial charge in [0.25, 0.3) is 0 Å². The molecular formula is C24H36N4OS. The first-order chi connectivity index (χ1) is 14.5. The quantitative estimate of drug-likeness (QED) is 0.754. The first-order valence-corrected chi connectivity index (χ1v) is 12.3. The molecule has 0 atom stereocenters. The first kappa shape index (κ1) is 21.4. The molecule has 1 aliphatic carbocycles. The summed E-state index contributed by atoms with van der Waals surface area (Å²) in [6, 6.07) is 10.1. The maximum absolute atomic E-state index is 11.9. The second-order valence-electron chi connectivity index (χ2n) is 9.33. The van der Waals surface area contributed by atoms with Gasteiger partial charge >= 0.3 is 6.03 Å². The van der Waals surface area contributed by atoms with Gasteiger partial charge in [-0.05, 0) is 75.1 Å². The number of amides is 2. The molecular weight excluding hydrogens is 392 g/mol. The Kier molecular flexibility index (Phi) is 6.84. The SMILES string of the molecule is CN(C)C(=O)NC1CCC(CN(C)C2CCN(c3cccc4sccc34)CC2)CC1.